The average Bonchev–Trinajstić information content (AvgIpc) is 2.34. The fraction of sp³-hybridized carbons (Fsp3) is 0.571. The molecule has 0 aromatic heterocycles. The second-order valence-electron chi connectivity index (χ2n) is 5.28. The van der Waals surface area contributed by atoms with Crippen molar-refractivity contribution in [2.75, 3.05) is 0 Å². The summed E-state index contributed by atoms with van der Waals surface area (Å²) in [4.78, 5) is 11.2. The van der Waals surface area contributed by atoms with E-state index in [2.05, 4.69) is 22.9 Å². The lowest BCUT2D eigenvalue weighted by Gasteiger charge is -2.31. The summed E-state index contributed by atoms with van der Waals surface area (Å²) in [7, 11) is 0. The Morgan fingerprint density at radius 2 is 2.11 bits per heavy atom. The molecule has 18 heavy (non-hydrogen) atoms. The Bertz CT molecular complexity index is 436. The summed E-state index contributed by atoms with van der Waals surface area (Å²) < 4.78 is 0. The average molecular weight is 312 g/mol. The monoisotopic (exact) mass is 311 g/mol. The zero-order chi connectivity index (χ0) is 13.1. The highest BCUT2D eigenvalue weighted by Gasteiger charge is 2.28. The summed E-state index contributed by atoms with van der Waals surface area (Å²) in [5.74, 6) is 1.24. The molecule has 0 bridgehead atoms. The maximum Gasteiger partial charge on any atom is 0.272 e. The lowest BCUT2D eigenvalue weighted by Crippen LogP contribution is -2.25. The number of benzene rings is 1. The van der Waals surface area contributed by atoms with Gasteiger partial charge in [0.2, 0.25) is 0 Å². The molecule has 3 unspecified atom stereocenters. The number of para-hydroxylation sites is 1. The summed E-state index contributed by atoms with van der Waals surface area (Å²) in [5.41, 5.74) is 1.13. The zero-order valence-corrected chi connectivity index (χ0v) is 12.1. The topological polar surface area (TPSA) is 43.1 Å². The molecule has 3 nitrogen and oxygen atoms in total. The molecule has 98 valence electrons. The van der Waals surface area contributed by atoms with E-state index in [1.165, 1.54) is 12.8 Å². The second kappa shape index (κ2) is 5.83. The molecule has 1 aromatic rings. The van der Waals surface area contributed by atoms with E-state index in [4.69, 9.17) is 0 Å². The number of nitro groups is 1. The molecule has 1 fully saturated rings. The standard InChI is InChI=1S/C14H18BrNO2/c1-10-6-7-13(15)12(8-10)9-11-4-2-3-5-14(11)16(17)18/h2-5,10,12-13H,6-9H2,1H3. The first-order chi connectivity index (χ1) is 8.58. The van der Waals surface area contributed by atoms with E-state index >= 15 is 0 Å². The Hall–Kier alpha value is -0.900. The quantitative estimate of drug-likeness (QED) is 0.473. The van der Waals surface area contributed by atoms with Gasteiger partial charge in [-0.25, -0.2) is 0 Å². The van der Waals surface area contributed by atoms with Crippen molar-refractivity contribution in [1.82, 2.24) is 0 Å². The van der Waals surface area contributed by atoms with Crippen molar-refractivity contribution < 1.29 is 4.92 Å². The second-order valence-corrected chi connectivity index (χ2v) is 6.46. The third kappa shape index (κ3) is 3.10. The molecule has 0 spiro atoms. The Balaban J connectivity index is 2.15. The van der Waals surface area contributed by atoms with Gasteiger partial charge in [-0.05, 0) is 37.5 Å². The van der Waals surface area contributed by atoms with Crippen LogP contribution in [-0.4, -0.2) is 9.75 Å². The molecule has 1 aliphatic rings. The van der Waals surface area contributed by atoms with Crippen LogP contribution in [0.15, 0.2) is 24.3 Å². The van der Waals surface area contributed by atoms with Gasteiger partial charge >= 0.3 is 0 Å². The minimum Gasteiger partial charge on any atom is -0.258 e. The van der Waals surface area contributed by atoms with Crippen molar-refractivity contribution in [2.24, 2.45) is 11.8 Å². The molecule has 3 atom stereocenters. The molecule has 0 saturated heterocycles. The molecule has 1 aromatic carbocycles. The summed E-state index contributed by atoms with van der Waals surface area (Å²) >= 11 is 3.73. The van der Waals surface area contributed by atoms with Crippen LogP contribution < -0.4 is 0 Å². The van der Waals surface area contributed by atoms with E-state index in [0.29, 0.717) is 10.7 Å². The number of hydrogen-bond acceptors (Lipinski definition) is 2. The van der Waals surface area contributed by atoms with Crippen molar-refractivity contribution in [2.45, 2.75) is 37.4 Å². The summed E-state index contributed by atoms with van der Waals surface area (Å²) in [6, 6.07) is 7.11. The van der Waals surface area contributed by atoms with E-state index in [1.807, 2.05) is 12.1 Å². The Kier molecular flexibility index (Phi) is 4.38. The smallest absolute Gasteiger partial charge is 0.258 e. The molecule has 0 N–H and O–H groups in total. The summed E-state index contributed by atoms with van der Waals surface area (Å²) in [6.07, 6.45) is 4.38. The molecule has 0 amide bonds. The van der Waals surface area contributed by atoms with Crippen LogP contribution in [0.2, 0.25) is 0 Å². The number of nitro benzene ring substituents is 1. The van der Waals surface area contributed by atoms with E-state index in [-0.39, 0.29) is 10.6 Å². The van der Waals surface area contributed by atoms with Crippen molar-refractivity contribution in [3.63, 3.8) is 0 Å². The van der Waals surface area contributed by atoms with Crippen LogP contribution in [0.25, 0.3) is 0 Å². The zero-order valence-electron chi connectivity index (χ0n) is 10.5. The molecule has 1 aliphatic carbocycles. The molecule has 1 saturated carbocycles. The highest BCUT2D eigenvalue weighted by molar-refractivity contribution is 9.09. The lowest BCUT2D eigenvalue weighted by atomic mass is 9.79. The first-order valence-corrected chi connectivity index (χ1v) is 7.36. The highest BCUT2D eigenvalue weighted by Crippen LogP contribution is 2.36. The SMILES string of the molecule is CC1CCC(Br)C(Cc2ccccc2[N+](=O)[O-])C1. The van der Waals surface area contributed by atoms with Crippen molar-refractivity contribution in [1.29, 1.82) is 0 Å². The van der Waals surface area contributed by atoms with Gasteiger partial charge in [-0.15, -0.1) is 0 Å². The van der Waals surface area contributed by atoms with Crippen LogP contribution in [0.4, 0.5) is 5.69 Å². The summed E-state index contributed by atoms with van der Waals surface area (Å²) in [5, 5.41) is 11.0. The summed E-state index contributed by atoms with van der Waals surface area (Å²) in [6.45, 7) is 2.27. The number of rotatable bonds is 3. The molecule has 2 rings (SSSR count). The van der Waals surface area contributed by atoms with Gasteiger partial charge in [0.1, 0.15) is 0 Å². The maximum absolute atomic E-state index is 11.0. The lowest BCUT2D eigenvalue weighted by molar-refractivity contribution is -0.385. The molecular weight excluding hydrogens is 294 g/mol. The number of nitrogens with zero attached hydrogens (tertiary/aromatic N) is 1. The predicted octanol–water partition coefficient (Wildman–Crippen LogP) is 4.34. The Labute approximate surface area is 116 Å². The van der Waals surface area contributed by atoms with Gasteiger partial charge in [-0.1, -0.05) is 41.1 Å². The van der Waals surface area contributed by atoms with Crippen molar-refractivity contribution in [3.8, 4) is 0 Å². The maximum atomic E-state index is 11.0. The minimum absolute atomic E-state index is 0.260. The van der Waals surface area contributed by atoms with Crippen LogP contribution >= 0.6 is 15.9 Å². The first-order valence-electron chi connectivity index (χ1n) is 6.44. The molecule has 4 heteroatoms. The number of halogens is 1. The van der Waals surface area contributed by atoms with Crippen LogP contribution in [-0.2, 0) is 6.42 Å². The Morgan fingerprint density at radius 3 is 2.83 bits per heavy atom. The van der Waals surface area contributed by atoms with Crippen LogP contribution in [0.5, 0.6) is 0 Å². The van der Waals surface area contributed by atoms with Gasteiger partial charge in [0.05, 0.1) is 4.92 Å². The largest absolute Gasteiger partial charge is 0.272 e. The van der Waals surface area contributed by atoms with Crippen LogP contribution in [0.1, 0.15) is 31.7 Å². The Morgan fingerprint density at radius 1 is 1.39 bits per heavy atom. The first kappa shape index (κ1) is 13.5. The fourth-order valence-corrected chi connectivity index (χ4v) is 3.48. The predicted molar refractivity (Wildman–Crippen MR) is 76.0 cm³/mol. The van der Waals surface area contributed by atoms with Crippen LogP contribution in [0.3, 0.4) is 0 Å². The van der Waals surface area contributed by atoms with Gasteiger partial charge in [0.15, 0.2) is 0 Å². The fourth-order valence-electron chi connectivity index (χ4n) is 2.82. The van der Waals surface area contributed by atoms with Gasteiger partial charge in [0, 0.05) is 16.5 Å². The van der Waals surface area contributed by atoms with Crippen molar-refractivity contribution in [3.05, 3.63) is 39.9 Å². The molecular formula is C14H18BrNO2. The van der Waals surface area contributed by atoms with E-state index in [1.54, 1.807) is 12.1 Å². The third-order valence-corrected chi connectivity index (χ3v) is 5.03. The van der Waals surface area contributed by atoms with Crippen molar-refractivity contribution >= 4 is 21.6 Å². The number of alkyl halides is 1. The normalized spacial score (nSPS) is 28.0. The molecule has 0 radical (unpaired) electrons. The number of hydrogen-bond donors (Lipinski definition) is 0. The van der Waals surface area contributed by atoms with Crippen LogP contribution in [0, 0.1) is 22.0 Å². The van der Waals surface area contributed by atoms with Gasteiger partial charge in [0.25, 0.3) is 5.69 Å². The third-order valence-electron chi connectivity index (χ3n) is 3.82. The van der Waals surface area contributed by atoms with Gasteiger partial charge in [-0.2, -0.15) is 0 Å². The molecule has 0 aliphatic heterocycles. The van der Waals surface area contributed by atoms with E-state index in [0.717, 1.165) is 24.3 Å². The minimum atomic E-state index is -0.273. The van der Waals surface area contributed by atoms with E-state index < -0.39 is 0 Å². The molecule has 0 heterocycles. The van der Waals surface area contributed by atoms with Gasteiger partial charge < -0.3 is 0 Å². The van der Waals surface area contributed by atoms with Gasteiger partial charge in [-0.3, -0.25) is 10.1 Å². The highest BCUT2D eigenvalue weighted by atomic mass is 79.9. The van der Waals surface area contributed by atoms with E-state index in [9.17, 15) is 10.1 Å².